The molecule has 3 rings (SSSR count). The standard InChI is InChI=1S/C14H12ClN3O/c1-19-8-9-3-2-4-10(7-9)12-11-5-6-16-13(11)18-14(15)17-12/h2-7H,8H2,1H3,(H,16,17,18). The Morgan fingerprint density at radius 3 is 3.00 bits per heavy atom. The van der Waals surface area contributed by atoms with Crippen LogP contribution in [0.1, 0.15) is 5.56 Å². The normalized spacial score (nSPS) is 11.1. The number of aromatic amines is 1. The van der Waals surface area contributed by atoms with E-state index in [0.29, 0.717) is 6.61 Å². The summed E-state index contributed by atoms with van der Waals surface area (Å²) >= 11 is 5.96. The number of nitrogens with one attached hydrogen (secondary N) is 1. The maximum absolute atomic E-state index is 5.96. The number of ether oxygens (including phenoxy) is 1. The molecule has 0 bridgehead atoms. The summed E-state index contributed by atoms with van der Waals surface area (Å²) in [5, 5.41) is 1.20. The molecule has 2 aromatic heterocycles. The van der Waals surface area contributed by atoms with Gasteiger partial charge in [0.05, 0.1) is 12.3 Å². The van der Waals surface area contributed by atoms with Crippen molar-refractivity contribution in [1.82, 2.24) is 15.0 Å². The Balaban J connectivity index is 2.18. The monoisotopic (exact) mass is 273 g/mol. The van der Waals surface area contributed by atoms with Crippen LogP contribution in [0.5, 0.6) is 0 Å². The first-order valence-electron chi connectivity index (χ1n) is 5.87. The molecule has 3 aromatic rings. The van der Waals surface area contributed by atoms with Crippen LogP contribution in [-0.4, -0.2) is 22.1 Å². The first kappa shape index (κ1) is 12.1. The second-order valence-electron chi connectivity index (χ2n) is 4.21. The van der Waals surface area contributed by atoms with Crippen molar-refractivity contribution in [2.75, 3.05) is 7.11 Å². The van der Waals surface area contributed by atoms with Crippen LogP contribution in [0, 0.1) is 0 Å². The summed E-state index contributed by atoms with van der Waals surface area (Å²) in [7, 11) is 1.68. The van der Waals surface area contributed by atoms with E-state index in [0.717, 1.165) is 27.9 Å². The van der Waals surface area contributed by atoms with Gasteiger partial charge in [0.25, 0.3) is 0 Å². The summed E-state index contributed by atoms with van der Waals surface area (Å²) in [6.07, 6.45) is 1.83. The molecule has 1 N–H and O–H groups in total. The fourth-order valence-corrected chi connectivity index (χ4v) is 2.28. The largest absolute Gasteiger partial charge is 0.380 e. The number of halogens is 1. The molecule has 0 spiro atoms. The highest BCUT2D eigenvalue weighted by Gasteiger charge is 2.10. The SMILES string of the molecule is COCc1cccc(-c2nc(Cl)nc3[nH]ccc23)c1. The second kappa shape index (κ2) is 4.99. The zero-order chi connectivity index (χ0) is 13.2. The van der Waals surface area contributed by atoms with Crippen LogP contribution in [0.4, 0.5) is 0 Å². The fraction of sp³-hybridized carbons (Fsp3) is 0.143. The molecule has 4 nitrogen and oxygen atoms in total. The van der Waals surface area contributed by atoms with Crippen LogP contribution in [0.15, 0.2) is 36.5 Å². The van der Waals surface area contributed by atoms with E-state index in [1.54, 1.807) is 7.11 Å². The van der Waals surface area contributed by atoms with Crippen molar-refractivity contribution >= 4 is 22.6 Å². The summed E-state index contributed by atoms with van der Waals surface area (Å²) in [6.45, 7) is 0.572. The summed E-state index contributed by atoms with van der Waals surface area (Å²) in [6, 6.07) is 10.0. The second-order valence-corrected chi connectivity index (χ2v) is 4.55. The highest BCUT2D eigenvalue weighted by molar-refractivity contribution is 6.28. The van der Waals surface area contributed by atoms with Gasteiger partial charge < -0.3 is 9.72 Å². The Labute approximate surface area is 115 Å². The predicted molar refractivity (Wildman–Crippen MR) is 75.0 cm³/mol. The molecule has 5 heteroatoms. The number of methoxy groups -OCH3 is 1. The molecule has 96 valence electrons. The van der Waals surface area contributed by atoms with E-state index in [2.05, 4.69) is 21.0 Å². The summed E-state index contributed by atoms with van der Waals surface area (Å²) in [5.74, 6) is 0. The quantitative estimate of drug-likeness (QED) is 0.744. The van der Waals surface area contributed by atoms with Crippen molar-refractivity contribution in [3.8, 4) is 11.3 Å². The molecule has 2 heterocycles. The lowest BCUT2D eigenvalue weighted by Gasteiger charge is -2.06. The third kappa shape index (κ3) is 2.32. The molecule has 0 radical (unpaired) electrons. The van der Waals surface area contributed by atoms with Crippen LogP contribution < -0.4 is 0 Å². The van der Waals surface area contributed by atoms with Gasteiger partial charge in [0.1, 0.15) is 5.65 Å². The lowest BCUT2D eigenvalue weighted by atomic mass is 10.1. The first-order valence-corrected chi connectivity index (χ1v) is 6.24. The Morgan fingerprint density at radius 1 is 1.26 bits per heavy atom. The molecular weight excluding hydrogens is 262 g/mol. The highest BCUT2D eigenvalue weighted by Crippen LogP contribution is 2.27. The van der Waals surface area contributed by atoms with Gasteiger partial charge in [-0.3, -0.25) is 0 Å². The molecule has 0 atom stereocenters. The van der Waals surface area contributed by atoms with E-state index in [4.69, 9.17) is 16.3 Å². The molecule has 1 aromatic carbocycles. The lowest BCUT2D eigenvalue weighted by molar-refractivity contribution is 0.185. The third-order valence-corrected chi connectivity index (χ3v) is 3.07. The van der Waals surface area contributed by atoms with E-state index < -0.39 is 0 Å². The van der Waals surface area contributed by atoms with E-state index in [1.165, 1.54) is 0 Å². The minimum Gasteiger partial charge on any atom is -0.380 e. The van der Waals surface area contributed by atoms with E-state index >= 15 is 0 Å². The number of rotatable bonds is 3. The third-order valence-electron chi connectivity index (χ3n) is 2.90. The highest BCUT2D eigenvalue weighted by atomic mass is 35.5. The minimum absolute atomic E-state index is 0.238. The van der Waals surface area contributed by atoms with Crippen LogP contribution >= 0.6 is 11.6 Å². The average molecular weight is 274 g/mol. The molecule has 0 aliphatic rings. The van der Waals surface area contributed by atoms with Gasteiger partial charge in [-0.25, -0.2) is 4.98 Å². The van der Waals surface area contributed by atoms with E-state index in [1.807, 2.05) is 30.5 Å². The summed E-state index contributed by atoms with van der Waals surface area (Å²) < 4.78 is 5.15. The average Bonchev–Trinajstić information content (AvgIpc) is 2.86. The van der Waals surface area contributed by atoms with Gasteiger partial charge in [-0.05, 0) is 29.3 Å². The number of benzene rings is 1. The van der Waals surface area contributed by atoms with Crippen LogP contribution in [0.2, 0.25) is 5.28 Å². The Bertz CT molecular complexity index is 724. The Hall–Kier alpha value is -1.91. The first-order chi connectivity index (χ1) is 9.28. The maximum atomic E-state index is 5.96. The summed E-state index contributed by atoms with van der Waals surface area (Å²) in [4.78, 5) is 11.5. The van der Waals surface area contributed by atoms with Crippen molar-refractivity contribution in [2.45, 2.75) is 6.61 Å². The van der Waals surface area contributed by atoms with Crippen LogP contribution in [0.25, 0.3) is 22.3 Å². The molecule has 0 aliphatic heterocycles. The number of fused-ring (bicyclic) bond motifs is 1. The summed E-state index contributed by atoms with van der Waals surface area (Å²) in [5.41, 5.74) is 3.67. The maximum Gasteiger partial charge on any atom is 0.224 e. The van der Waals surface area contributed by atoms with Crippen molar-refractivity contribution < 1.29 is 4.74 Å². The van der Waals surface area contributed by atoms with Crippen molar-refractivity contribution in [1.29, 1.82) is 0 Å². The Kier molecular flexibility index (Phi) is 3.19. The minimum atomic E-state index is 0.238. The van der Waals surface area contributed by atoms with Gasteiger partial charge in [0.15, 0.2) is 0 Å². The molecule has 0 amide bonds. The molecule has 0 fully saturated rings. The van der Waals surface area contributed by atoms with Crippen LogP contribution in [0.3, 0.4) is 0 Å². The number of hydrogen-bond acceptors (Lipinski definition) is 3. The van der Waals surface area contributed by atoms with E-state index in [9.17, 15) is 0 Å². The van der Waals surface area contributed by atoms with Gasteiger partial charge in [-0.2, -0.15) is 4.98 Å². The van der Waals surface area contributed by atoms with Crippen LogP contribution in [-0.2, 0) is 11.3 Å². The zero-order valence-electron chi connectivity index (χ0n) is 10.4. The van der Waals surface area contributed by atoms with Gasteiger partial charge in [0.2, 0.25) is 5.28 Å². The van der Waals surface area contributed by atoms with Gasteiger partial charge in [0, 0.05) is 24.3 Å². The number of aromatic nitrogens is 3. The topological polar surface area (TPSA) is 50.8 Å². The van der Waals surface area contributed by atoms with Gasteiger partial charge >= 0.3 is 0 Å². The van der Waals surface area contributed by atoms with Gasteiger partial charge in [-0.15, -0.1) is 0 Å². The number of H-pyrrole nitrogens is 1. The van der Waals surface area contributed by atoms with Crippen molar-refractivity contribution in [3.63, 3.8) is 0 Å². The smallest absolute Gasteiger partial charge is 0.224 e. The number of hydrogen-bond donors (Lipinski definition) is 1. The van der Waals surface area contributed by atoms with E-state index in [-0.39, 0.29) is 5.28 Å². The molecule has 19 heavy (non-hydrogen) atoms. The molecular formula is C14H12ClN3O. The molecule has 0 unspecified atom stereocenters. The molecule has 0 aliphatic carbocycles. The zero-order valence-corrected chi connectivity index (χ0v) is 11.1. The van der Waals surface area contributed by atoms with Crippen molar-refractivity contribution in [2.24, 2.45) is 0 Å². The Morgan fingerprint density at radius 2 is 2.16 bits per heavy atom. The molecule has 0 saturated heterocycles. The van der Waals surface area contributed by atoms with Gasteiger partial charge in [-0.1, -0.05) is 18.2 Å². The molecule has 0 saturated carbocycles. The van der Waals surface area contributed by atoms with Crippen molar-refractivity contribution in [3.05, 3.63) is 47.4 Å². The fourth-order valence-electron chi connectivity index (χ4n) is 2.11. The predicted octanol–water partition coefficient (Wildman–Crippen LogP) is 3.42. The number of nitrogens with zero attached hydrogens (tertiary/aromatic N) is 2. The lowest BCUT2D eigenvalue weighted by Crippen LogP contribution is -1.92.